The van der Waals surface area contributed by atoms with E-state index in [1.165, 1.54) is 0 Å². The monoisotopic (exact) mass is 312 g/mol. The molecule has 0 spiro atoms. The smallest absolute Gasteiger partial charge is 0.255 e. The van der Waals surface area contributed by atoms with Crippen molar-refractivity contribution in [1.82, 2.24) is 5.32 Å². The van der Waals surface area contributed by atoms with Crippen LogP contribution in [0, 0.1) is 0 Å². The van der Waals surface area contributed by atoms with Gasteiger partial charge in [0.25, 0.3) is 5.91 Å². The number of anilines is 1. The van der Waals surface area contributed by atoms with E-state index in [2.05, 4.69) is 10.6 Å². The Hall–Kier alpha value is -2.89. The number of hydrogen-bond acceptors (Lipinski definition) is 5. The molecular formula is C17H16N2O4. The lowest BCUT2D eigenvalue weighted by atomic mass is 10.0. The molecule has 0 saturated carbocycles. The van der Waals surface area contributed by atoms with Gasteiger partial charge in [0, 0.05) is 11.3 Å². The lowest BCUT2D eigenvalue weighted by Gasteiger charge is -2.29. The second-order valence-corrected chi connectivity index (χ2v) is 5.34. The van der Waals surface area contributed by atoms with Crippen molar-refractivity contribution >= 4 is 11.6 Å². The number of methoxy groups -OCH3 is 1. The molecule has 0 aliphatic carbocycles. The fourth-order valence-corrected chi connectivity index (χ4v) is 2.83. The molecule has 6 heteroatoms. The molecule has 23 heavy (non-hydrogen) atoms. The second-order valence-electron chi connectivity index (χ2n) is 5.34. The van der Waals surface area contributed by atoms with Crippen molar-refractivity contribution in [3.8, 4) is 17.2 Å². The normalized spacial score (nSPS) is 18.5. The van der Waals surface area contributed by atoms with Gasteiger partial charge in [-0.3, -0.25) is 4.79 Å². The number of benzene rings is 2. The van der Waals surface area contributed by atoms with Crippen LogP contribution in [0.15, 0.2) is 36.4 Å². The highest BCUT2D eigenvalue weighted by Crippen LogP contribution is 2.42. The Morgan fingerprint density at radius 3 is 2.83 bits per heavy atom. The molecule has 2 aliphatic heterocycles. The summed E-state index contributed by atoms with van der Waals surface area (Å²) in [5.74, 6) is 1.70. The summed E-state index contributed by atoms with van der Waals surface area (Å²) in [5, 5.41) is 6.26. The van der Waals surface area contributed by atoms with Crippen LogP contribution in [0.25, 0.3) is 0 Å². The number of rotatable bonds is 2. The van der Waals surface area contributed by atoms with Gasteiger partial charge in [0.05, 0.1) is 12.7 Å². The quantitative estimate of drug-likeness (QED) is 0.891. The van der Waals surface area contributed by atoms with E-state index in [9.17, 15) is 4.79 Å². The third-order valence-electron chi connectivity index (χ3n) is 3.93. The van der Waals surface area contributed by atoms with Gasteiger partial charge in [-0.15, -0.1) is 0 Å². The molecule has 0 aromatic heterocycles. The highest BCUT2D eigenvalue weighted by Gasteiger charge is 2.27. The maximum atomic E-state index is 12.3. The van der Waals surface area contributed by atoms with Crippen molar-refractivity contribution in [2.45, 2.75) is 6.17 Å². The minimum absolute atomic E-state index is 0.113. The molecule has 2 N–H and O–H groups in total. The van der Waals surface area contributed by atoms with Gasteiger partial charge in [-0.05, 0) is 24.3 Å². The summed E-state index contributed by atoms with van der Waals surface area (Å²) in [7, 11) is 1.58. The molecule has 4 rings (SSSR count). The van der Waals surface area contributed by atoms with Gasteiger partial charge in [-0.25, -0.2) is 0 Å². The molecule has 1 unspecified atom stereocenters. The summed E-state index contributed by atoms with van der Waals surface area (Å²) in [6, 6.07) is 11.1. The predicted molar refractivity (Wildman–Crippen MR) is 84.3 cm³/mol. The molecule has 6 nitrogen and oxygen atoms in total. The number of ether oxygens (including phenoxy) is 3. The maximum absolute atomic E-state index is 12.3. The molecular weight excluding hydrogens is 296 g/mol. The highest BCUT2D eigenvalue weighted by atomic mass is 16.6. The third-order valence-corrected chi connectivity index (χ3v) is 3.93. The number of carbonyl (C=O) groups is 1. The van der Waals surface area contributed by atoms with Crippen molar-refractivity contribution in [3.05, 3.63) is 47.5 Å². The standard InChI is InChI=1S/C17H16N2O4/c1-21-13-8-10(9-14-15(13)23-7-6-22-14)16-18-12-5-3-2-4-11(12)17(20)19-16/h2-5,8-9,16,18H,6-7H2,1H3,(H,19,20). The van der Waals surface area contributed by atoms with E-state index in [0.717, 1.165) is 11.3 Å². The Labute approximate surface area is 133 Å². The average molecular weight is 312 g/mol. The van der Waals surface area contributed by atoms with Crippen LogP contribution in [-0.4, -0.2) is 26.2 Å². The van der Waals surface area contributed by atoms with Crippen LogP contribution in [0.3, 0.4) is 0 Å². The van der Waals surface area contributed by atoms with Crippen LogP contribution in [0.4, 0.5) is 5.69 Å². The summed E-state index contributed by atoms with van der Waals surface area (Å²) >= 11 is 0. The number of fused-ring (bicyclic) bond motifs is 2. The van der Waals surface area contributed by atoms with Gasteiger partial charge >= 0.3 is 0 Å². The van der Waals surface area contributed by atoms with Crippen molar-refractivity contribution in [2.24, 2.45) is 0 Å². The first kappa shape index (κ1) is 13.8. The van der Waals surface area contributed by atoms with E-state index in [1.807, 2.05) is 30.3 Å². The zero-order valence-electron chi connectivity index (χ0n) is 12.6. The largest absolute Gasteiger partial charge is 0.493 e. The first-order chi connectivity index (χ1) is 11.3. The minimum atomic E-state index is -0.359. The van der Waals surface area contributed by atoms with E-state index < -0.39 is 0 Å². The Morgan fingerprint density at radius 2 is 1.96 bits per heavy atom. The molecule has 0 fully saturated rings. The summed E-state index contributed by atoms with van der Waals surface area (Å²) < 4.78 is 16.7. The van der Waals surface area contributed by atoms with E-state index in [0.29, 0.717) is 36.0 Å². The fraction of sp³-hybridized carbons (Fsp3) is 0.235. The molecule has 2 aromatic carbocycles. The Kier molecular flexibility index (Phi) is 3.22. The predicted octanol–water partition coefficient (Wildman–Crippen LogP) is 2.32. The molecule has 1 amide bonds. The number of para-hydroxylation sites is 1. The zero-order chi connectivity index (χ0) is 15.8. The van der Waals surface area contributed by atoms with Gasteiger partial charge in [-0.1, -0.05) is 12.1 Å². The first-order valence-corrected chi connectivity index (χ1v) is 7.40. The van der Waals surface area contributed by atoms with Crippen molar-refractivity contribution in [3.63, 3.8) is 0 Å². The molecule has 1 atom stereocenters. The third kappa shape index (κ3) is 2.32. The summed E-state index contributed by atoms with van der Waals surface area (Å²) in [5.41, 5.74) is 2.28. The number of carbonyl (C=O) groups excluding carboxylic acids is 1. The molecule has 2 aromatic rings. The van der Waals surface area contributed by atoms with Gasteiger partial charge < -0.3 is 24.8 Å². The van der Waals surface area contributed by atoms with Gasteiger partial charge in [0.2, 0.25) is 5.75 Å². The van der Waals surface area contributed by atoms with E-state index in [-0.39, 0.29) is 12.1 Å². The Morgan fingerprint density at radius 1 is 1.13 bits per heavy atom. The van der Waals surface area contributed by atoms with E-state index in [1.54, 1.807) is 13.2 Å². The summed E-state index contributed by atoms with van der Waals surface area (Å²) in [4.78, 5) is 12.3. The van der Waals surface area contributed by atoms with Crippen molar-refractivity contribution < 1.29 is 19.0 Å². The van der Waals surface area contributed by atoms with Gasteiger partial charge in [0.1, 0.15) is 19.4 Å². The first-order valence-electron chi connectivity index (χ1n) is 7.40. The molecule has 0 radical (unpaired) electrons. The molecule has 0 bridgehead atoms. The SMILES string of the molecule is COc1cc(C2NC(=O)c3ccccc3N2)cc2c1OCCO2. The average Bonchev–Trinajstić information content (AvgIpc) is 2.60. The number of hydrogen-bond donors (Lipinski definition) is 2. The zero-order valence-corrected chi connectivity index (χ0v) is 12.6. The minimum Gasteiger partial charge on any atom is -0.493 e. The topological polar surface area (TPSA) is 68.8 Å². The van der Waals surface area contributed by atoms with Crippen LogP contribution in [0.2, 0.25) is 0 Å². The summed E-state index contributed by atoms with van der Waals surface area (Å²) in [6.45, 7) is 0.987. The van der Waals surface area contributed by atoms with Crippen LogP contribution in [0.5, 0.6) is 17.2 Å². The van der Waals surface area contributed by atoms with Gasteiger partial charge in [-0.2, -0.15) is 0 Å². The lowest BCUT2D eigenvalue weighted by Crippen LogP contribution is -2.38. The highest BCUT2D eigenvalue weighted by molar-refractivity contribution is 6.01. The molecule has 0 saturated heterocycles. The maximum Gasteiger partial charge on any atom is 0.255 e. The van der Waals surface area contributed by atoms with Crippen molar-refractivity contribution in [2.75, 3.05) is 25.6 Å². The Bertz CT molecular complexity index is 758. The van der Waals surface area contributed by atoms with Crippen LogP contribution in [-0.2, 0) is 0 Å². The Balaban J connectivity index is 1.73. The summed E-state index contributed by atoms with van der Waals surface area (Å²) in [6.07, 6.45) is -0.359. The molecule has 118 valence electrons. The van der Waals surface area contributed by atoms with Crippen LogP contribution < -0.4 is 24.8 Å². The number of nitrogens with one attached hydrogen (secondary N) is 2. The lowest BCUT2D eigenvalue weighted by molar-refractivity contribution is 0.0935. The van der Waals surface area contributed by atoms with Gasteiger partial charge in [0.15, 0.2) is 11.5 Å². The van der Waals surface area contributed by atoms with Crippen LogP contribution in [0.1, 0.15) is 22.1 Å². The van der Waals surface area contributed by atoms with Crippen LogP contribution >= 0.6 is 0 Å². The second kappa shape index (κ2) is 5.39. The van der Waals surface area contributed by atoms with E-state index in [4.69, 9.17) is 14.2 Å². The fourth-order valence-electron chi connectivity index (χ4n) is 2.83. The number of amides is 1. The molecule has 2 aliphatic rings. The van der Waals surface area contributed by atoms with E-state index >= 15 is 0 Å². The van der Waals surface area contributed by atoms with Crippen molar-refractivity contribution in [1.29, 1.82) is 0 Å². The molecule has 2 heterocycles.